The van der Waals surface area contributed by atoms with Gasteiger partial charge in [0.1, 0.15) is 0 Å². The first-order chi connectivity index (χ1) is 10.4. The second kappa shape index (κ2) is 6.98. The second-order valence-corrected chi connectivity index (χ2v) is 5.77. The molecule has 6 nitrogen and oxygen atoms in total. The fourth-order valence-corrected chi connectivity index (χ4v) is 3.12. The standard InChI is InChI=1S/C14H19NO3.C2H4O2/c1-2-3-15-6-11-10-5-13(17)12(16)4-9(10)8-18-14(11)7-15;1-2(3)4/h4-5,11,14,16-17H,2-3,6-8H2,1H3;1H3,(H,3,4)/t11-,14+;/m1./s1. The molecule has 0 aromatic heterocycles. The summed E-state index contributed by atoms with van der Waals surface area (Å²) in [5.74, 6) is -0.589. The third kappa shape index (κ3) is 3.69. The van der Waals surface area contributed by atoms with E-state index in [4.69, 9.17) is 14.6 Å². The van der Waals surface area contributed by atoms with Gasteiger partial charge in [0.25, 0.3) is 5.97 Å². The van der Waals surface area contributed by atoms with E-state index in [2.05, 4.69) is 11.8 Å². The van der Waals surface area contributed by atoms with E-state index in [0.29, 0.717) is 12.5 Å². The van der Waals surface area contributed by atoms with E-state index in [0.717, 1.165) is 44.1 Å². The Labute approximate surface area is 129 Å². The Bertz CT molecular complexity index is 542. The van der Waals surface area contributed by atoms with Crippen molar-refractivity contribution in [3.8, 4) is 11.5 Å². The summed E-state index contributed by atoms with van der Waals surface area (Å²) < 4.78 is 5.87. The predicted molar refractivity (Wildman–Crippen MR) is 81.1 cm³/mol. The Balaban J connectivity index is 0.000000396. The Morgan fingerprint density at radius 3 is 2.59 bits per heavy atom. The fraction of sp³-hybridized carbons (Fsp3) is 0.562. The summed E-state index contributed by atoms with van der Waals surface area (Å²) >= 11 is 0. The van der Waals surface area contributed by atoms with Crippen LogP contribution in [0.2, 0.25) is 0 Å². The van der Waals surface area contributed by atoms with Crippen LogP contribution in [0.4, 0.5) is 0 Å². The molecule has 2 aliphatic rings. The summed E-state index contributed by atoms with van der Waals surface area (Å²) in [5, 5.41) is 26.6. The van der Waals surface area contributed by atoms with Crippen LogP contribution in [0.3, 0.4) is 0 Å². The molecule has 1 aromatic rings. The second-order valence-electron chi connectivity index (χ2n) is 5.77. The zero-order chi connectivity index (χ0) is 16.3. The molecule has 0 radical (unpaired) electrons. The molecule has 1 fully saturated rings. The maximum Gasteiger partial charge on any atom is 0.300 e. The molecule has 0 aliphatic carbocycles. The molecule has 2 atom stereocenters. The average molecular weight is 309 g/mol. The third-order valence-corrected chi connectivity index (χ3v) is 3.97. The van der Waals surface area contributed by atoms with Crippen LogP contribution in [0.5, 0.6) is 11.5 Å². The van der Waals surface area contributed by atoms with E-state index in [1.807, 2.05) is 0 Å². The van der Waals surface area contributed by atoms with Gasteiger partial charge in [-0.2, -0.15) is 0 Å². The molecular weight excluding hydrogens is 286 g/mol. The summed E-state index contributed by atoms with van der Waals surface area (Å²) in [6.45, 7) is 6.84. The molecule has 0 unspecified atom stereocenters. The van der Waals surface area contributed by atoms with Crippen LogP contribution < -0.4 is 0 Å². The number of phenols is 2. The summed E-state index contributed by atoms with van der Waals surface area (Å²) in [4.78, 5) is 11.4. The van der Waals surface area contributed by atoms with Crippen LogP contribution in [-0.4, -0.2) is 51.9 Å². The van der Waals surface area contributed by atoms with Crippen molar-refractivity contribution >= 4 is 5.97 Å². The van der Waals surface area contributed by atoms with Crippen molar-refractivity contribution in [3.63, 3.8) is 0 Å². The molecule has 0 bridgehead atoms. The zero-order valence-electron chi connectivity index (χ0n) is 13.0. The lowest BCUT2D eigenvalue weighted by atomic mass is 9.89. The highest BCUT2D eigenvalue weighted by atomic mass is 16.5. The Morgan fingerprint density at radius 2 is 1.95 bits per heavy atom. The molecule has 6 heteroatoms. The zero-order valence-corrected chi connectivity index (χ0v) is 13.0. The number of fused-ring (bicyclic) bond motifs is 3. The highest BCUT2D eigenvalue weighted by Gasteiger charge is 2.38. The Hall–Kier alpha value is -1.79. The summed E-state index contributed by atoms with van der Waals surface area (Å²) in [7, 11) is 0. The molecule has 2 aliphatic heterocycles. The summed E-state index contributed by atoms with van der Waals surface area (Å²) in [5.41, 5.74) is 2.14. The number of hydrogen-bond acceptors (Lipinski definition) is 5. The van der Waals surface area contributed by atoms with Gasteiger partial charge < -0.3 is 25.0 Å². The minimum absolute atomic E-state index is 0.0247. The number of carboxylic acid groups (broad SMARTS) is 1. The van der Waals surface area contributed by atoms with E-state index in [-0.39, 0.29) is 17.6 Å². The number of likely N-dealkylation sites (tertiary alicyclic amines) is 1. The normalized spacial score (nSPS) is 23.2. The van der Waals surface area contributed by atoms with Crippen molar-refractivity contribution < 1.29 is 24.9 Å². The maximum absolute atomic E-state index is 9.66. The number of benzene rings is 1. The Kier molecular flexibility index (Phi) is 5.26. The monoisotopic (exact) mass is 309 g/mol. The lowest BCUT2D eigenvalue weighted by Gasteiger charge is -2.28. The van der Waals surface area contributed by atoms with E-state index in [1.165, 1.54) is 0 Å². The summed E-state index contributed by atoms with van der Waals surface area (Å²) in [6, 6.07) is 3.34. The van der Waals surface area contributed by atoms with Crippen molar-refractivity contribution in [3.05, 3.63) is 23.3 Å². The van der Waals surface area contributed by atoms with Gasteiger partial charge in [0.05, 0.1) is 12.7 Å². The minimum Gasteiger partial charge on any atom is -0.504 e. The molecule has 1 aromatic carbocycles. The van der Waals surface area contributed by atoms with Gasteiger partial charge in [-0.3, -0.25) is 4.79 Å². The van der Waals surface area contributed by atoms with Crippen LogP contribution in [-0.2, 0) is 16.1 Å². The van der Waals surface area contributed by atoms with E-state index < -0.39 is 5.97 Å². The molecule has 0 saturated carbocycles. The van der Waals surface area contributed by atoms with Crippen LogP contribution in [0.15, 0.2) is 12.1 Å². The van der Waals surface area contributed by atoms with Crippen LogP contribution in [0.25, 0.3) is 0 Å². The number of carboxylic acids is 1. The van der Waals surface area contributed by atoms with Crippen molar-refractivity contribution in [1.29, 1.82) is 0 Å². The number of hydrogen-bond donors (Lipinski definition) is 3. The van der Waals surface area contributed by atoms with Gasteiger partial charge in [-0.25, -0.2) is 0 Å². The van der Waals surface area contributed by atoms with Crippen molar-refractivity contribution in [2.45, 2.75) is 38.9 Å². The van der Waals surface area contributed by atoms with E-state index >= 15 is 0 Å². The molecular formula is C16H23NO5. The van der Waals surface area contributed by atoms with Gasteiger partial charge >= 0.3 is 0 Å². The number of aliphatic carboxylic acids is 1. The molecule has 0 spiro atoms. The van der Waals surface area contributed by atoms with Crippen LogP contribution >= 0.6 is 0 Å². The van der Waals surface area contributed by atoms with Gasteiger partial charge in [0.15, 0.2) is 11.5 Å². The molecule has 1 saturated heterocycles. The van der Waals surface area contributed by atoms with Crippen molar-refractivity contribution in [2.75, 3.05) is 19.6 Å². The number of carbonyl (C=O) groups is 1. The summed E-state index contributed by atoms with van der Waals surface area (Å²) in [6.07, 6.45) is 1.38. The number of nitrogens with zero attached hydrogens (tertiary/aromatic N) is 1. The molecule has 122 valence electrons. The first kappa shape index (κ1) is 16.6. The number of ether oxygens (including phenoxy) is 1. The fourth-order valence-electron chi connectivity index (χ4n) is 3.12. The number of phenolic OH excluding ortho intramolecular Hbond substituents is 2. The van der Waals surface area contributed by atoms with Gasteiger partial charge in [-0.15, -0.1) is 0 Å². The van der Waals surface area contributed by atoms with Gasteiger partial charge in [0.2, 0.25) is 0 Å². The van der Waals surface area contributed by atoms with Crippen LogP contribution in [0.1, 0.15) is 37.3 Å². The molecule has 0 amide bonds. The van der Waals surface area contributed by atoms with Gasteiger partial charge in [0, 0.05) is 25.9 Å². The highest BCUT2D eigenvalue weighted by molar-refractivity contribution is 5.62. The molecule has 2 heterocycles. The largest absolute Gasteiger partial charge is 0.504 e. The number of rotatable bonds is 2. The molecule has 3 rings (SSSR count). The molecule has 22 heavy (non-hydrogen) atoms. The minimum atomic E-state index is -0.833. The maximum atomic E-state index is 9.66. The van der Waals surface area contributed by atoms with E-state index in [9.17, 15) is 10.2 Å². The van der Waals surface area contributed by atoms with Crippen molar-refractivity contribution in [1.82, 2.24) is 4.90 Å². The quantitative estimate of drug-likeness (QED) is 0.723. The topological polar surface area (TPSA) is 90.2 Å². The Morgan fingerprint density at radius 1 is 1.32 bits per heavy atom. The first-order valence-electron chi connectivity index (χ1n) is 7.50. The van der Waals surface area contributed by atoms with Gasteiger partial charge in [-0.1, -0.05) is 6.92 Å². The highest BCUT2D eigenvalue weighted by Crippen LogP contribution is 2.41. The number of aromatic hydroxyl groups is 2. The average Bonchev–Trinajstić information content (AvgIpc) is 2.83. The van der Waals surface area contributed by atoms with Crippen LogP contribution in [0, 0.1) is 0 Å². The lowest BCUT2D eigenvalue weighted by Crippen LogP contribution is -2.27. The smallest absolute Gasteiger partial charge is 0.300 e. The lowest BCUT2D eigenvalue weighted by molar-refractivity contribution is -0.134. The van der Waals surface area contributed by atoms with Crippen molar-refractivity contribution in [2.24, 2.45) is 0 Å². The third-order valence-electron chi connectivity index (χ3n) is 3.97. The first-order valence-corrected chi connectivity index (χ1v) is 7.50. The molecule has 3 N–H and O–H groups in total. The SMILES string of the molecule is CC(=O)O.CCCN1C[C@@H]2OCc3cc(O)c(O)cc3[C@H]2C1. The predicted octanol–water partition coefficient (Wildman–Crippen LogP) is 1.90. The van der Waals surface area contributed by atoms with Gasteiger partial charge in [-0.05, 0) is 36.2 Å². The van der Waals surface area contributed by atoms with E-state index in [1.54, 1.807) is 12.1 Å².